The zero-order valence-electron chi connectivity index (χ0n) is 17.5. The number of hydrogen-bond acceptors (Lipinski definition) is 4. The number of nitrogens with zero attached hydrogens (tertiary/aromatic N) is 1. The summed E-state index contributed by atoms with van der Waals surface area (Å²) in [6.45, 7) is 11.6. The molecular weight excluding hydrogens is 379 g/mol. The van der Waals surface area contributed by atoms with Crippen LogP contribution in [0.25, 0.3) is 0 Å². The zero-order valence-corrected chi connectivity index (χ0v) is 18.5. The minimum atomic E-state index is -1.97. The average Bonchev–Trinajstić information content (AvgIpc) is 2.59. The molecule has 158 valence electrons. The number of nitrogens with two attached hydrogens (primary N) is 1. The molecule has 2 unspecified atom stereocenters. The summed E-state index contributed by atoms with van der Waals surface area (Å²) >= 11 is 0. The van der Waals surface area contributed by atoms with E-state index < -0.39 is 14.4 Å². The number of benzene rings is 1. The van der Waals surface area contributed by atoms with Crippen LogP contribution in [0.3, 0.4) is 0 Å². The summed E-state index contributed by atoms with van der Waals surface area (Å²) < 4.78 is 26.0. The minimum Gasteiger partial charge on any atom is -0.465 e. The van der Waals surface area contributed by atoms with Gasteiger partial charge >= 0.3 is 6.09 Å². The number of anilines is 1. The van der Waals surface area contributed by atoms with Crippen LogP contribution in [0.15, 0.2) is 18.2 Å². The van der Waals surface area contributed by atoms with Gasteiger partial charge in [-0.15, -0.1) is 0 Å². The molecule has 1 aliphatic heterocycles. The highest BCUT2D eigenvalue weighted by Gasteiger charge is 2.39. The molecule has 2 atom stereocenters. The summed E-state index contributed by atoms with van der Waals surface area (Å²) in [5.41, 5.74) is 6.72. The topological polar surface area (TPSA) is 85.0 Å². The Hall–Kier alpha value is -1.64. The molecule has 1 saturated heterocycles. The lowest BCUT2D eigenvalue weighted by atomic mass is 10.0. The molecule has 8 heteroatoms. The van der Waals surface area contributed by atoms with Crippen molar-refractivity contribution in [1.29, 1.82) is 0 Å². The zero-order chi connectivity index (χ0) is 21.1. The molecule has 1 fully saturated rings. The van der Waals surface area contributed by atoms with Gasteiger partial charge in [0.25, 0.3) is 0 Å². The molecule has 1 heterocycles. The van der Waals surface area contributed by atoms with Crippen molar-refractivity contribution in [2.75, 3.05) is 25.5 Å². The molecule has 6 nitrogen and oxygen atoms in total. The molecule has 3 N–H and O–H groups in total. The number of rotatable bonds is 6. The van der Waals surface area contributed by atoms with E-state index in [9.17, 15) is 14.3 Å². The van der Waals surface area contributed by atoms with Crippen LogP contribution in [-0.4, -0.2) is 56.3 Å². The first-order valence-electron chi connectivity index (χ1n) is 9.70. The number of carbonyl (C=O) groups is 1. The van der Waals surface area contributed by atoms with Crippen molar-refractivity contribution >= 4 is 20.1 Å². The molecule has 2 rings (SSSR count). The highest BCUT2D eigenvalue weighted by molar-refractivity contribution is 6.74. The maximum atomic E-state index is 13.9. The number of carboxylic acid groups (broad SMARTS) is 1. The summed E-state index contributed by atoms with van der Waals surface area (Å²) in [6, 6.07) is 4.29. The van der Waals surface area contributed by atoms with Crippen molar-refractivity contribution in [1.82, 2.24) is 4.90 Å². The van der Waals surface area contributed by atoms with Gasteiger partial charge in [0.2, 0.25) is 0 Å². The second kappa shape index (κ2) is 8.80. The van der Waals surface area contributed by atoms with Gasteiger partial charge in [-0.3, -0.25) is 4.90 Å². The largest absolute Gasteiger partial charge is 0.465 e. The second-order valence-corrected chi connectivity index (χ2v) is 13.8. The molecule has 1 aliphatic rings. The summed E-state index contributed by atoms with van der Waals surface area (Å²) in [6.07, 6.45) is -0.367. The van der Waals surface area contributed by atoms with Crippen LogP contribution in [0, 0.1) is 5.82 Å². The fourth-order valence-corrected chi connectivity index (χ4v) is 4.01. The molecule has 0 spiro atoms. The molecule has 0 aliphatic carbocycles. The number of hydrogen-bond donors (Lipinski definition) is 2. The molecule has 0 saturated carbocycles. The minimum absolute atomic E-state index is 0.0544. The third-order valence-electron chi connectivity index (χ3n) is 5.93. The molecule has 1 aromatic carbocycles. The van der Waals surface area contributed by atoms with Gasteiger partial charge in [-0.2, -0.15) is 0 Å². The fraction of sp³-hybridized carbons (Fsp3) is 0.650. The highest BCUT2D eigenvalue weighted by Crippen LogP contribution is 2.36. The number of halogens is 1. The lowest BCUT2D eigenvalue weighted by Gasteiger charge is -2.41. The van der Waals surface area contributed by atoms with Gasteiger partial charge in [-0.05, 0) is 43.1 Å². The summed E-state index contributed by atoms with van der Waals surface area (Å²) in [4.78, 5) is 13.2. The van der Waals surface area contributed by atoms with Crippen molar-refractivity contribution in [3.63, 3.8) is 0 Å². The fourth-order valence-electron chi connectivity index (χ4n) is 2.97. The first-order chi connectivity index (χ1) is 12.9. The summed E-state index contributed by atoms with van der Waals surface area (Å²) in [5.74, 6) is -0.341. The van der Waals surface area contributed by atoms with Gasteiger partial charge < -0.3 is 20.0 Å². The van der Waals surface area contributed by atoms with Gasteiger partial charge in [0, 0.05) is 11.3 Å². The van der Waals surface area contributed by atoms with Crippen molar-refractivity contribution in [2.24, 2.45) is 0 Å². The second-order valence-electron chi connectivity index (χ2n) is 8.96. The van der Waals surface area contributed by atoms with Crippen molar-refractivity contribution in [3.8, 4) is 0 Å². The molecule has 1 aromatic rings. The number of nitrogen functional groups attached to an aromatic ring is 1. The van der Waals surface area contributed by atoms with Gasteiger partial charge in [0.05, 0.1) is 31.9 Å². The van der Waals surface area contributed by atoms with Crippen LogP contribution in [0.2, 0.25) is 18.1 Å². The SMILES string of the molecule is CC(C)(C)[Si](C)(C)OCC1COC(CCc2c(N)cccc2F)CN1C(=O)O. The first-order valence-corrected chi connectivity index (χ1v) is 12.6. The highest BCUT2D eigenvalue weighted by atomic mass is 28.4. The third kappa shape index (κ3) is 5.45. The summed E-state index contributed by atoms with van der Waals surface area (Å²) in [7, 11) is -1.97. The van der Waals surface area contributed by atoms with Crippen LogP contribution in [-0.2, 0) is 15.6 Å². The van der Waals surface area contributed by atoms with E-state index >= 15 is 0 Å². The van der Waals surface area contributed by atoms with Crippen molar-refractivity contribution in [2.45, 2.75) is 63.9 Å². The molecular formula is C20H33FN2O4Si. The van der Waals surface area contributed by atoms with Crippen LogP contribution < -0.4 is 5.73 Å². The van der Waals surface area contributed by atoms with E-state index in [2.05, 4.69) is 33.9 Å². The van der Waals surface area contributed by atoms with Crippen LogP contribution >= 0.6 is 0 Å². The van der Waals surface area contributed by atoms with E-state index in [0.717, 1.165) is 0 Å². The Balaban J connectivity index is 1.96. The Labute approximate surface area is 167 Å². The molecule has 0 aromatic heterocycles. The molecule has 28 heavy (non-hydrogen) atoms. The number of ether oxygens (including phenoxy) is 1. The normalized spacial score (nSPS) is 21.0. The van der Waals surface area contributed by atoms with E-state index in [1.807, 2.05) is 0 Å². The first kappa shape index (κ1) is 22.6. The van der Waals surface area contributed by atoms with E-state index in [4.69, 9.17) is 14.9 Å². The maximum Gasteiger partial charge on any atom is 0.407 e. The van der Waals surface area contributed by atoms with Crippen LogP contribution in [0.4, 0.5) is 14.9 Å². The van der Waals surface area contributed by atoms with E-state index in [1.165, 1.54) is 11.0 Å². The maximum absolute atomic E-state index is 13.9. The molecule has 0 radical (unpaired) electrons. The molecule has 0 bridgehead atoms. The standard InChI is InChI=1S/C20H33FN2O4Si/c1-20(2,3)28(4,5)27-13-14-12-26-15(11-23(14)19(24)25)9-10-16-17(21)7-6-8-18(16)22/h6-8,14-15H,9-13,22H2,1-5H3,(H,24,25). The Morgan fingerprint density at radius 3 is 2.68 bits per heavy atom. The van der Waals surface area contributed by atoms with Gasteiger partial charge in [-0.1, -0.05) is 26.8 Å². The lowest BCUT2D eigenvalue weighted by Crippen LogP contribution is -2.55. The Morgan fingerprint density at radius 1 is 1.43 bits per heavy atom. The number of morpholine rings is 1. The van der Waals surface area contributed by atoms with Gasteiger partial charge in [-0.25, -0.2) is 9.18 Å². The van der Waals surface area contributed by atoms with E-state index in [-0.39, 0.29) is 36.2 Å². The predicted molar refractivity (Wildman–Crippen MR) is 111 cm³/mol. The van der Waals surface area contributed by atoms with Crippen molar-refractivity contribution < 1.29 is 23.5 Å². The van der Waals surface area contributed by atoms with Crippen molar-refractivity contribution in [3.05, 3.63) is 29.6 Å². The number of amides is 1. The Kier molecular flexibility index (Phi) is 7.11. The average molecular weight is 413 g/mol. The van der Waals surface area contributed by atoms with Crippen LogP contribution in [0.1, 0.15) is 32.8 Å². The lowest BCUT2D eigenvalue weighted by molar-refractivity contribution is -0.0672. The van der Waals surface area contributed by atoms with Gasteiger partial charge in [0.1, 0.15) is 5.82 Å². The van der Waals surface area contributed by atoms with E-state index in [0.29, 0.717) is 30.7 Å². The third-order valence-corrected chi connectivity index (χ3v) is 10.4. The molecule has 1 amide bonds. The smallest absolute Gasteiger partial charge is 0.407 e. The summed E-state index contributed by atoms with van der Waals surface area (Å²) in [5, 5.41) is 9.69. The van der Waals surface area contributed by atoms with Gasteiger partial charge in [0.15, 0.2) is 8.32 Å². The predicted octanol–water partition coefficient (Wildman–Crippen LogP) is 4.11. The van der Waals surface area contributed by atoms with Crippen LogP contribution in [0.5, 0.6) is 0 Å². The Morgan fingerprint density at radius 2 is 2.11 bits per heavy atom. The van der Waals surface area contributed by atoms with E-state index in [1.54, 1.807) is 12.1 Å². The quantitative estimate of drug-likeness (QED) is 0.542. The Bertz CT molecular complexity index is 673. The monoisotopic (exact) mass is 412 g/mol.